The van der Waals surface area contributed by atoms with Gasteiger partial charge in [0.15, 0.2) is 0 Å². The van der Waals surface area contributed by atoms with Crippen molar-refractivity contribution in [1.29, 1.82) is 0 Å². The summed E-state index contributed by atoms with van der Waals surface area (Å²) in [5.41, 5.74) is 0.257. The van der Waals surface area contributed by atoms with E-state index in [0.29, 0.717) is 25.6 Å². The molecule has 0 radical (unpaired) electrons. The molecule has 4 nitrogen and oxygen atoms in total. The maximum absolute atomic E-state index is 10.6. The number of carboxylic acids is 1. The van der Waals surface area contributed by atoms with Crippen LogP contribution in [-0.4, -0.2) is 30.9 Å². The van der Waals surface area contributed by atoms with Gasteiger partial charge < -0.3 is 14.6 Å². The Hall–Kier alpha value is -1.55. The van der Waals surface area contributed by atoms with E-state index >= 15 is 0 Å². The minimum absolute atomic E-state index is 0.257. The minimum Gasteiger partial charge on any atom is -0.491 e. The highest BCUT2D eigenvalue weighted by molar-refractivity contribution is 5.87. The van der Waals surface area contributed by atoms with Gasteiger partial charge in [0.25, 0.3) is 0 Å². The largest absolute Gasteiger partial charge is 0.491 e. The Labute approximate surface area is 88.4 Å². The molecule has 0 atom stereocenters. The van der Waals surface area contributed by atoms with Crippen LogP contribution in [-0.2, 0) is 4.74 Å². The van der Waals surface area contributed by atoms with Crippen molar-refractivity contribution in [1.82, 2.24) is 0 Å². The van der Waals surface area contributed by atoms with Gasteiger partial charge >= 0.3 is 5.97 Å². The van der Waals surface area contributed by atoms with Gasteiger partial charge in [-0.3, -0.25) is 0 Å². The summed E-state index contributed by atoms with van der Waals surface area (Å²) in [6, 6.07) is 6.29. The van der Waals surface area contributed by atoms with Gasteiger partial charge in [0, 0.05) is 6.61 Å². The highest BCUT2D eigenvalue weighted by atomic mass is 16.5. The number of ether oxygens (including phenoxy) is 2. The topological polar surface area (TPSA) is 55.8 Å². The molecule has 1 rings (SSSR count). The van der Waals surface area contributed by atoms with Gasteiger partial charge in [-0.15, -0.1) is 0 Å². The van der Waals surface area contributed by atoms with Crippen LogP contribution in [0.25, 0.3) is 0 Å². The predicted octanol–water partition coefficient (Wildman–Crippen LogP) is 1.80. The Bertz CT molecular complexity index is 305. The van der Waals surface area contributed by atoms with Crippen LogP contribution in [0.2, 0.25) is 0 Å². The van der Waals surface area contributed by atoms with Gasteiger partial charge in [-0.1, -0.05) is 0 Å². The Kier molecular flexibility index (Phi) is 4.63. The summed E-state index contributed by atoms with van der Waals surface area (Å²) in [4.78, 5) is 10.6. The van der Waals surface area contributed by atoms with Crippen molar-refractivity contribution in [3.63, 3.8) is 0 Å². The zero-order chi connectivity index (χ0) is 11.1. The molecule has 0 aromatic heterocycles. The first-order valence-electron chi connectivity index (χ1n) is 4.78. The molecule has 0 bridgehead atoms. The number of carbonyl (C=O) groups is 1. The van der Waals surface area contributed by atoms with Crippen LogP contribution in [0, 0.1) is 0 Å². The molecule has 0 amide bonds. The summed E-state index contributed by atoms with van der Waals surface area (Å²) in [5, 5.41) is 8.66. The van der Waals surface area contributed by atoms with Crippen molar-refractivity contribution in [3.05, 3.63) is 29.8 Å². The average molecular weight is 210 g/mol. The summed E-state index contributed by atoms with van der Waals surface area (Å²) in [7, 11) is 0. The summed E-state index contributed by atoms with van der Waals surface area (Å²) in [6.45, 7) is 3.60. The molecule has 4 heteroatoms. The number of hydrogen-bond acceptors (Lipinski definition) is 3. The van der Waals surface area contributed by atoms with E-state index < -0.39 is 5.97 Å². The number of carboxylic acid groups (broad SMARTS) is 1. The third-order valence-electron chi connectivity index (χ3n) is 1.80. The van der Waals surface area contributed by atoms with E-state index in [1.165, 1.54) is 12.1 Å². The molecule has 15 heavy (non-hydrogen) atoms. The maximum Gasteiger partial charge on any atom is 0.335 e. The third-order valence-corrected chi connectivity index (χ3v) is 1.80. The standard InChI is InChI=1S/C11H14O4/c1-2-14-7-8-15-10-5-3-9(4-6-10)11(12)13/h3-6H,2,7-8H2,1H3,(H,12,13). The molecule has 0 unspecified atom stereocenters. The smallest absolute Gasteiger partial charge is 0.335 e. The fraction of sp³-hybridized carbons (Fsp3) is 0.364. The second-order valence-electron chi connectivity index (χ2n) is 2.87. The maximum atomic E-state index is 10.6. The van der Waals surface area contributed by atoms with Gasteiger partial charge in [0.1, 0.15) is 12.4 Å². The van der Waals surface area contributed by atoms with E-state index in [1.54, 1.807) is 12.1 Å². The third kappa shape index (κ3) is 3.99. The van der Waals surface area contributed by atoms with Crippen molar-refractivity contribution in [2.75, 3.05) is 19.8 Å². The van der Waals surface area contributed by atoms with Crippen molar-refractivity contribution in [2.45, 2.75) is 6.92 Å². The number of hydrogen-bond donors (Lipinski definition) is 1. The monoisotopic (exact) mass is 210 g/mol. The molecule has 0 aliphatic rings. The molecular weight excluding hydrogens is 196 g/mol. The van der Waals surface area contributed by atoms with E-state index in [-0.39, 0.29) is 5.56 Å². The van der Waals surface area contributed by atoms with Crippen LogP contribution >= 0.6 is 0 Å². The van der Waals surface area contributed by atoms with Gasteiger partial charge in [-0.25, -0.2) is 4.79 Å². The molecule has 1 N–H and O–H groups in total. The average Bonchev–Trinajstić information content (AvgIpc) is 2.25. The molecule has 0 fully saturated rings. The quantitative estimate of drug-likeness (QED) is 0.727. The van der Waals surface area contributed by atoms with Crippen LogP contribution in [0.15, 0.2) is 24.3 Å². The lowest BCUT2D eigenvalue weighted by Gasteiger charge is -2.05. The number of rotatable bonds is 6. The molecule has 0 saturated heterocycles. The van der Waals surface area contributed by atoms with Crippen molar-refractivity contribution in [2.24, 2.45) is 0 Å². The summed E-state index contributed by atoms with van der Waals surface area (Å²) in [5.74, 6) is -0.282. The molecule has 1 aromatic rings. The number of aromatic carboxylic acids is 1. The first kappa shape index (κ1) is 11.5. The van der Waals surface area contributed by atoms with E-state index in [2.05, 4.69) is 0 Å². The van der Waals surface area contributed by atoms with Crippen LogP contribution < -0.4 is 4.74 Å². The Morgan fingerprint density at radius 2 is 1.93 bits per heavy atom. The van der Waals surface area contributed by atoms with E-state index in [4.69, 9.17) is 14.6 Å². The highest BCUT2D eigenvalue weighted by Crippen LogP contribution is 2.11. The summed E-state index contributed by atoms with van der Waals surface area (Å²) in [6.07, 6.45) is 0. The first-order chi connectivity index (χ1) is 7.24. The van der Waals surface area contributed by atoms with Crippen LogP contribution in [0.1, 0.15) is 17.3 Å². The molecule has 0 aliphatic carbocycles. The van der Waals surface area contributed by atoms with E-state index in [1.807, 2.05) is 6.92 Å². The Morgan fingerprint density at radius 1 is 1.27 bits per heavy atom. The Balaban J connectivity index is 2.39. The molecule has 0 saturated carbocycles. The highest BCUT2D eigenvalue weighted by Gasteiger charge is 2.01. The number of benzene rings is 1. The second kappa shape index (κ2) is 6.03. The molecule has 1 aromatic carbocycles. The van der Waals surface area contributed by atoms with Crippen molar-refractivity contribution < 1.29 is 19.4 Å². The summed E-state index contributed by atoms with van der Waals surface area (Å²) >= 11 is 0. The lowest BCUT2D eigenvalue weighted by molar-refractivity contribution is 0.0696. The zero-order valence-electron chi connectivity index (χ0n) is 8.60. The molecule has 0 heterocycles. The van der Waals surface area contributed by atoms with Gasteiger partial charge in [0.05, 0.1) is 12.2 Å². The van der Waals surface area contributed by atoms with Gasteiger partial charge in [-0.05, 0) is 31.2 Å². The fourth-order valence-corrected chi connectivity index (χ4v) is 1.06. The normalized spacial score (nSPS) is 9.93. The van der Waals surface area contributed by atoms with Crippen molar-refractivity contribution in [3.8, 4) is 5.75 Å². The lowest BCUT2D eigenvalue weighted by atomic mass is 10.2. The van der Waals surface area contributed by atoms with Crippen LogP contribution in [0.4, 0.5) is 0 Å². The predicted molar refractivity (Wildman–Crippen MR) is 55.4 cm³/mol. The molecular formula is C11H14O4. The van der Waals surface area contributed by atoms with Crippen molar-refractivity contribution >= 4 is 5.97 Å². The fourth-order valence-electron chi connectivity index (χ4n) is 1.06. The van der Waals surface area contributed by atoms with E-state index in [0.717, 1.165) is 0 Å². The molecule has 0 spiro atoms. The SMILES string of the molecule is CCOCCOc1ccc(C(=O)O)cc1. The molecule has 0 aliphatic heterocycles. The van der Waals surface area contributed by atoms with Crippen LogP contribution in [0.5, 0.6) is 5.75 Å². The van der Waals surface area contributed by atoms with E-state index in [9.17, 15) is 4.79 Å². The molecule has 82 valence electrons. The first-order valence-corrected chi connectivity index (χ1v) is 4.78. The Morgan fingerprint density at radius 3 is 2.47 bits per heavy atom. The summed E-state index contributed by atoms with van der Waals surface area (Å²) < 4.78 is 10.4. The van der Waals surface area contributed by atoms with Crippen LogP contribution in [0.3, 0.4) is 0 Å². The van der Waals surface area contributed by atoms with Gasteiger partial charge in [0.2, 0.25) is 0 Å². The second-order valence-corrected chi connectivity index (χ2v) is 2.87. The zero-order valence-corrected chi connectivity index (χ0v) is 8.60. The minimum atomic E-state index is -0.934. The van der Waals surface area contributed by atoms with Gasteiger partial charge in [-0.2, -0.15) is 0 Å². The lowest BCUT2D eigenvalue weighted by Crippen LogP contribution is -2.06.